The van der Waals surface area contributed by atoms with Crippen LogP contribution < -0.4 is 11.1 Å². The van der Waals surface area contributed by atoms with Crippen molar-refractivity contribution < 1.29 is 9.59 Å². The second-order valence-electron chi connectivity index (χ2n) is 10.2. The van der Waals surface area contributed by atoms with E-state index < -0.39 is 5.91 Å². The Kier molecular flexibility index (Phi) is 7.19. The van der Waals surface area contributed by atoms with Crippen LogP contribution in [0.1, 0.15) is 39.1 Å². The Bertz CT molecular complexity index is 1740. The molecule has 4 N–H and O–H groups in total. The number of nitrogens with one attached hydrogen (secondary N) is 2. The first-order valence-corrected chi connectivity index (χ1v) is 13.9. The molecule has 0 bridgehead atoms. The average molecular weight is 572 g/mol. The quantitative estimate of drug-likeness (QED) is 0.226. The fourth-order valence-electron chi connectivity index (χ4n) is 5.43. The number of fused-ring (bicyclic) bond motifs is 3. The van der Waals surface area contributed by atoms with Crippen molar-refractivity contribution in [2.75, 3.05) is 13.1 Å². The number of amides is 2. The van der Waals surface area contributed by atoms with E-state index in [2.05, 4.69) is 20.2 Å². The molecule has 3 aromatic carbocycles. The molecular formula is C31H27Cl2N5O2. The Morgan fingerprint density at radius 2 is 1.70 bits per heavy atom. The van der Waals surface area contributed by atoms with Crippen LogP contribution in [-0.2, 0) is 6.54 Å². The van der Waals surface area contributed by atoms with Gasteiger partial charge in [-0.15, -0.1) is 0 Å². The summed E-state index contributed by atoms with van der Waals surface area (Å²) in [6, 6.07) is 18.8. The lowest BCUT2D eigenvalue weighted by molar-refractivity contribution is 0.0908. The van der Waals surface area contributed by atoms with Gasteiger partial charge in [0.15, 0.2) is 0 Å². The van der Waals surface area contributed by atoms with E-state index in [1.165, 1.54) is 5.56 Å². The van der Waals surface area contributed by atoms with Gasteiger partial charge in [0.05, 0.1) is 21.1 Å². The molecule has 1 aliphatic heterocycles. The molecule has 40 heavy (non-hydrogen) atoms. The molecule has 5 aromatic rings. The minimum atomic E-state index is -0.549. The highest BCUT2D eigenvalue weighted by atomic mass is 35.5. The Hall–Kier alpha value is -3.91. The van der Waals surface area contributed by atoms with Gasteiger partial charge in [-0.05, 0) is 84.1 Å². The molecule has 3 heterocycles. The number of rotatable bonds is 6. The monoisotopic (exact) mass is 571 g/mol. The first-order chi connectivity index (χ1) is 19.4. The Morgan fingerprint density at radius 1 is 0.925 bits per heavy atom. The maximum atomic E-state index is 13.3. The number of carbonyl (C=O) groups excluding carboxylic acids is 2. The predicted molar refractivity (Wildman–Crippen MR) is 160 cm³/mol. The molecule has 1 aliphatic rings. The van der Waals surface area contributed by atoms with E-state index >= 15 is 0 Å². The lowest BCUT2D eigenvalue weighted by Gasteiger charge is -2.32. The van der Waals surface area contributed by atoms with Crippen LogP contribution in [0.2, 0.25) is 10.0 Å². The van der Waals surface area contributed by atoms with Gasteiger partial charge in [0, 0.05) is 59.9 Å². The maximum absolute atomic E-state index is 13.3. The molecule has 1 saturated heterocycles. The summed E-state index contributed by atoms with van der Waals surface area (Å²) in [5.41, 5.74) is 10.9. The molecule has 0 atom stereocenters. The van der Waals surface area contributed by atoms with E-state index in [1.807, 2.05) is 48.8 Å². The molecule has 0 saturated carbocycles. The smallest absolute Gasteiger partial charge is 0.251 e. The van der Waals surface area contributed by atoms with E-state index in [4.69, 9.17) is 28.9 Å². The highest BCUT2D eigenvalue weighted by molar-refractivity contribution is 6.42. The zero-order chi connectivity index (χ0) is 27.8. The van der Waals surface area contributed by atoms with E-state index in [0.717, 1.165) is 59.9 Å². The second kappa shape index (κ2) is 10.9. The number of aromatic nitrogens is 2. The van der Waals surface area contributed by atoms with Gasteiger partial charge in [0.25, 0.3) is 11.8 Å². The second-order valence-corrected chi connectivity index (χ2v) is 11.0. The van der Waals surface area contributed by atoms with Crippen molar-refractivity contribution in [3.63, 3.8) is 0 Å². The van der Waals surface area contributed by atoms with Crippen LogP contribution in [0.15, 0.2) is 73.1 Å². The highest BCUT2D eigenvalue weighted by Crippen LogP contribution is 2.35. The maximum Gasteiger partial charge on any atom is 0.251 e. The van der Waals surface area contributed by atoms with Crippen molar-refractivity contribution in [3.8, 4) is 11.1 Å². The standard InChI is InChI=1S/C31H27Cl2N5O2/c32-26-3-1-19(16-27(26)33)21-14-24-23-13-20(2-4-28(23)37-29(24)25(15-21)30(34)39)31(40)36-22-7-11-38(12-8-22)17-18-5-9-35-10-6-18/h1-6,9-10,13-16,22,37H,7-8,11-12,17H2,(H2,34,39)(H,36,40). The average Bonchev–Trinajstić information content (AvgIpc) is 3.33. The SMILES string of the molecule is NC(=O)c1cc(-c2ccc(Cl)c(Cl)c2)cc2c1[nH]c1ccc(C(=O)NC3CCN(Cc4ccncc4)CC3)cc12. The number of aromatic amines is 1. The summed E-state index contributed by atoms with van der Waals surface area (Å²) in [6.45, 7) is 2.72. The summed E-state index contributed by atoms with van der Waals surface area (Å²) in [7, 11) is 0. The number of carbonyl (C=O) groups is 2. The number of hydrogen-bond acceptors (Lipinski definition) is 4. The third kappa shape index (κ3) is 5.28. The normalized spacial score (nSPS) is 14.6. The molecule has 7 nitrogen and oxygen atoms in total. The van der Waals surface area contributed by atoms with E-state index in [1.54, 1.807) is 24.3 Å². The van der Waals surface area contributed by atoms with Crippen molar-refractivity contribution in [2.24, 2.45) is 5.73 Å². The summed E-state index contributed by atoms with van der Waals surface area (Å²) in [5, 5.41) is 5.71. The van der Waals surface area contributed by atoms with Crippen LogP contribution in [0.5, 0.6) is 0 Å². The molecule has 6 rings (SSSR count). The summed E-state index contributed by atoms with van der Waals surface area (Å²) in [5.74, 6) is -0.661. The largest absolute Gasteiger partial charge is 0.366 e. The van der Waals surface area contributed by atoms with E-state index in [0.29, 0.717) is 26.7 Å². The minimum absolute atomic E-state index is 0.111. The van der Waals surface area contributed by atoms with E-state index in [-0.39, 0.29) is 11.9 Å². The number of halogens is 2. The molecule has 202 valence electrons. The molecule has 0 spiro atoms. The predicted octanol–water partition coefficient (Wildman–Crippen LogP) is 6.18. The van der Waals surface area contributed by atoms with Crippen LogP contribution in [0.4, 0.5) is 0 Å². The van der Waals surface area contributed by atoms with Crippen LogP contribution >= 0.6 is 23.2 Å². The highest BCUT2D eigenvalue weighted by Gasteiger charge is 2.22. The number of nitrogens with two attached hydrogens (primary N) is 1. The van der Waals surface area contributed by atoms with Gasteiger partial charge >= 0.3 is 0 Å². The molecular weight excluding hydrogens is 545 g/mol. The van der Waals surface area contributed by atoms with Gasteiger partial charge in [-0.2, -0.15) is 0 Å². The van der Waals surface area contributed by atoms with Gasteiger partial charge in [-0.3, -0.25) is 19.5 Å². The third-order valence-electron chi connectivity index (χ3n) is 7.57. The van der Waals surface area contributed by atoms with Crippen molar-refractivity contribution in [2.45, 2.75) is 25.4 Å². The fourth-order valence-corrected chi connectivity index (χ4v) is 5.73. The van der Waals surface area contributed by atoms with Crippen LogP contribution in [-0.4, -0.2) is 45.8 Å². The molecule has 1 fully saturated rings. The minimum Gasteiger partial charge on any atom is -0.366 e. The zero-order valence-electron chi connectivity index (χ0n) is 21.6. The molecule has 0 unspecified atom stereocenters. The van der Waals surface area contributed by atoms with E-state index in [9.17, 15) is 9.59 Å². The topological polar surface area (TPSA) is 104 Å². The van der Waals surface area contributed by atoms with Crippen molar-refractivity contribution in [1.82, 2.24) is 20.2 Å². The van der Waals surface area contributed by atoms with Crippen LogP contribution in [0, 0.1) is 0 Å². The van der Waals surface area contributed by atoms with Gasteiger partial charge in [0.2, 0.25) is 0 Å². The first-order valence-electron chi connectivity index (χ1n) is 13.1. The van der Waals surface area contributed by atoms with Gasteiger partial charge in [-0.25, -0.2) is 0 Å². The van der Waals surface area contributed by atoms with Crippen molar-refractivity contribution in [3.05, 3.63) is 99.8 Å². The summed E-state index contributed by atoms with van der Waals surface area (Å²) in [4.78, 5) is 35.5. The lowest BCUT2D eigenvalue weighted by Crippen LogP contribution is -2.44. The van der Waals surface area contributed by atoms with Crippen LogP contribution in [0.3, 0.4) is 0 Å². The number of likely N-dealkylation sites (tertiary alicyclic amines) is 1. The Labute approximate surface area is 241 Å². The molecule has 0 aliphatic carbocycles. The summed E-state index contributed by atoms with van der Waals surface area (Å²) >= 11 is 12.4. The Morgan fingerprint density at radius 3 is 2.42 bits per heavy atom. The molecule has 9 heteroatoms. The van der Waals surface area contributed by atoms with Gasteiger partial charge in [-0.1, -0.05) is 29.3 Å². The molecule has 0 radical (unpaired) electrons. The van der Waals surface area contributed by atoms with Crippen molar-refractivity contribution in [1.29, 1.82) is 0 Å². The third-order valence-corrected chi connectivity index (χ3v) is 8.31. The Balaban J connectivity index is 1.25. The summed E-state index contributed by atoms with van der Waals surface area (Å²) < 4.78 is 0. The number of piperidine rings is 1. The van der Waals surface area contributed by atoms with Crippen molar-refractivity contribution >= 4 is 56.8 Å². The number of H-pyrrole nitrogens is 1. The lowest BCUT2D eigenvalue weighted by atomic mass is 9.98. The van der Waals surface area contributed by atoms with Gasteiger partial charge in [0.1, 0.15) is 0 Å². The summed E-state index contributed by atoms with van der Waals surface area (Å²) in [6.07, 6.45) is 5.41. The number of benzene rings is 3. The van der Waals surface area contributed by atoms with Crippen LogP contribution in [0.25, 0.3) is 32.9 Å². The number of primary amides is 1. The first kappa shape index (κ1) is 26.3. The molecule has 2 aromatic heterocycles. The molecule has 2 amide bonds. The van der Waals surface area contributed by atoms with Gasteiger partial charge < -0.3 is 16.0 Å². The zero-order valence-corrected chi connectivity index (χ0v) is 23.1. The number of pyridine rings is 1. The fraction of sp³-hybridized carbons (Fsp3) is 0.194. The number of hydrogen-bond donors (Lipinski definition) is 3. The number of nitrogens with zero attached hydrogens (tertiary/aromatic N) is 2.